The first kappa shape index (κ1) is 40.7. The van der Waals surface area contributed by atoms with Gasteiger partial charge in [0.2, 0.25) is 11.9 Å². The van der Waals surface area contributed by atoms with Crippen LogP contribution in [0.1, 0.15) is 75.7 Å². The second kappa shape index (κ2) is 14.3. The quantitative estimate of drug-likeness (QED) is 0.129. The van der Waals surface area contributed by atoms with Crippen molar-refractivity contribution in [3.63, 3.8) is 0 Å². The molecule has 4 aromatic heterocycles. The van der Waals surface area contributed by atoms with Gasteiger partial charge in [0.05, 0.1) is 32.7 Å². The largest absolute Gasteiger partial charge is 0.435 e. The number of carbonyl (C=O) groups is 2. The number of aromatic nitrogens is 6. The highest BCUT2D eigenvalue weighted by atomic mass is 32.1. The first-order valence-corrected chi connectivity index (χ1v) is 22.2. The molecule has 2 aliphatic heterocycles. The van der Waals surface area contributed by atoms with Gasteiger partial charge in [0, 0.05) is 54.9 Å². The number of benzene rings is 3. The normalized spacial score (nSPS) is 20.4. The van der Waals surface area contributed by atoms with Gasteiger partial charge in [-0.1, -0.05) is 35.6 Å². The van der Waals surface area contributed by atoms with Crippen LogP contribution < -0.4 is 20.4 Å². The van der Waals surface area contributed by atoms with Crippen molar-refractivity contribution in [2.45, 2.75) is 55.8 Å². The number of imidazole rings is 1. The summed E-state index contributed by atoms with van der Waals surface area (Å²) in [6.45, 7) is 1.36. The number of fused-ring (bicyclic) bond motifs is 7. The minimum Gasteiger partial charge on any atom is -0.344 e. The molecule has 2 amide bonds. The van der Waals surface area contributed by atoms with E-state index in [-0.39, 0.29) is 41.4 Å². The van der Waals surface area contributed by atoms with E-state index in [1.165, 1.54) is 17.4 Å². The van der Waals surface area contributed by atoms with Crippen LogP contribution >= 0.6 is 11.3 Å². The number of rotatable bonds is 8. The van der Waals surface area contributed by atoms with E-state index in [9.17, 15) is 31.5 Å². The van der Waals surface area contributed by atoms with E-state index in [0.717, 1.165) is 47.5 Å². The number of aromatic amines is 1. The lowest BCUT2D eigenvalue weighted by atomic mass is 9.73. The molecular weight excluding hydrogens is 890 g/mol. The highest BCUT2D eigenvalue weighted by Crippen LogP contribution is 2.64. The molecule has 12 rings (SSSR count). The number of hydrogen-bond acceptors (Lipinski definition) is 9. The van der Waals surface area contributed by atoms with E-state index in [2.05, 4.69) is 30.5 Å². The van der Waals surface area contributed by atoms with Crippen molar-refractivity contribution in [1.29, 1.82) is 0 Å². The molecule has 7 aromatic rings. The number of alkyl halides is 5. The number of halogens is 7. The summed E-state index contributed by atoms with van der Waals surface area (Å²) in [4.78, 5) is 49.7. The molecule has 336 valence electrons. The Bertz CT molecular complexity index is 3180. The molecule has 5 aliphatic rings. The molecule has 1 saturated heterocycles. The van der Waals surface area contributed by atoms with Crippen molar-refractivity contribution < 1.29 is 40.3 Å². The fraction of sp³-hybridized carbons (Fsp3) is 0.304. The first-order valence-electron chi connectivity index (χ1n) is 21.4. The van der Waals surface area contributed by atoms with Crippen LogP contribution in [0.5, 0.6) is 0 Å². The molecule has 3 aliphatic carbocycles. The molecule has 3 N–H and O–H groups in total. The van der Waals surface area contributed by atoms with Gasteiger partial charge in [-0.3, -0.25) is 14.3 Å². The third-order valence-electron chi connectivity index (χ3n) is 13.5. The molecule has 3 aromatic carbocycles. The van der Waals surface area contributed by atoms with Crippen LogP contribution in [-0.4, -0.2) is 67.7 Å². The maximum Gasteiger partial charge on any atom is 0.435 e. The fourth-order valence-electron chi connectivity index (χ4n) is 10.1. The van der Waals surface area contributed by atoms with Crippen LogP contribution in [0.4, 0.5) is 41.8 Å². The molecule has 3 fully saturated rings. The summed E-state index contributed by atoms with van der Waals surface area (Å²) in [6.07, 6.45) is -2.12. The Morgan fingerprint density at radius 1 is 0.909 bits per heavy atom. The average Bonchev–Trinajstić information content (AvgIpc) is 3.56. The maximum absolute atomic E-state index is 15.8. The first-order chi connectivity index (χ1) is 31.6. The van der Waals surface area contributed by atoms with Gasteiger partial charge in [-0.15, -0.1) is 0 Å². The van der Waals surface area contributed by atoms with Crippen LogP contribution in [-0.2, 0) is 29.0 Å². The second-order valence-corrected chi connectivity index (χ2v) is 18.5. The van der Waals surface area contributed by atoms with E-state index in [1.807, 2.05) is 30.3 Å². The summed E-state index contributed by atoms with van der Waals surface area (Å²) in [5.41, 5.74) is 0.494. The number of H-pyrrole nitrogens is 1. The molecule has 0 radical (unpaired) electrons. The zero-order chi connectivity index (χ0) is 45.4. The van der Waals surface area contributed by atoms with Crippen molar-refractivity contribution in [1.82, 2.24) is 40.3 Å². The highest BCUT2D eigenvalue weighted by Gasteiger charge is 2.63. The molecule has 0 unspecified atom stereocenters. The highest BCUT2D eigenvalue weighted by molar-refractivity contribution is 7.22. The number of nitrogens with zero attached hydrogens (tertiary/aromatic N) is 7. The topological polar surface area (TPSA) is 137 Å². The minimum atomic E-state index is -5.06. The molecule has 0 bridgehead atoms. The van der Waals surface area contributed by atoms with Gasteiger partial charge in [0.25, 0.3) is 11.8 Å². The number of hydrogen-bond donors (Lipinski definition) is 3. The van der Waals surface area contributed by atoms with Crippen molar-refractivity contribution in [3.8, 4) is 11.1 Å². The zero-order valence-corrected chi connectivity index (χ0v) is 35.3. The molecule has 20 heteroatoms. The number of anilines is 2. The third-order valence-corrected chi connectivity index (χ3v) is 14.5. The van der Waals surface area contributed by atoms with E-state index >= 15 is 8.78 Å². The van der Waals surface area contributed by atoms with Gasteiger partial charge >= 0.3 is 6.18 Å². The number of amides is 2. The Morgan fingerprint density at radius 3 is 2.38 bits per heavy atom. The molecule has 66 heavy (non-hydrogen) atoms. The second-order valence-electron chi connectivity index (χ2n) is 17.5. The van der Waals surface area contributed by atoms with Crippen LogP contribution in [0.3, 0.4) is 0 Å². The van der Waals surface area contributed by atoms with Gasteiger partial charge in [-0.25, -0.2) is 18.7 Å². The molecular formula is C46H35F7N10O2S. The summed E-state index contributed by atoms with van der Waals surface area (Å²) >= 11 is 1.36. The number of para-hydroxylation sites is 2. The molecule has 2 atom stereocenters. The Labute approximate surface area is 373 Å². The molecule has 2 saturated carbocycles. The number of carbonyl (C=O) groups excluding carboxylic acids is 2. The number of piperazine rings is 1. The predicted octanol–water partition coefficient (Wildman–Crippen LogP) is 8.70. The van der Waals surface area contributed by atoms with Crippen molar-refractivity contribution in [3.05, 3.63) is 118 Å². The summed E-state index contributed by atoms with van der Waals surface area (Å²) in [5.74, 6) is -8.53. The number of pyridine rings is 1. The summed E-state index contributed by atoms with van der Waals surface area (Å²) in [6, 6.07) is 17.5. The predicted molar refractivity (Wildman–Crippen MR) is 231 cm³/mol. The van der Waals surface area contributed by atoms with Crippen LogP contribution in [0.2, 0.25) is 0 Å². The van der Waals surface area contributed by atoms with Gasteiger partial charge in [-0.2, -0.15) is 32.0 Å². The van der Waals surface area contributed by atoms with E-state index in [0.29, 0.717) is 63.4 Å². The summed E-state index contributed by atoms with van der Waals surface area (Å²) < 4.78 is 105. The summed E-state index contributed by atoms with van der Waals surface area (Å²) in [5, 5.41) is 9.88. The van der Waals surface area contributed by atoms with Gasteiger partial charge < -0.3 is 25.4 Å². The molecule has 6 heterocycles. The Balaban J connectivity index is 0.944. The Morgan fingerprint density at radius 2 is 1.67 bits per heavy atom. The van der Waals surface area contributed by atoms with Crippen molar-refractivity contribution in [2.75, 3.05) is 36.0 Å². The van der Waals surface area contributed by atoms with Crippen molar-refractivity contribution in [2.24, 2.45) is 5.92 Å². The van der Waals surface area contributed by atoms with Gasteiger partial charge in [-0.05, 0) is 90.8 Å². The lowest BCUT2D eigenvalue weighted by molar-refractivity contribution is -0.143. The van der Waals surface area contributed by atoms with E-state index in [1.54, 1.807) is 18.2 Å². The monoisotopic (exact) mass is 924 g/mol. The molecule has 1 spiro atoms. The maximum atomic E-state index is 15.8. The minimum absolute atomic E-state index is 0.0200. The Kier molecular flexibility index (Phi) is 8.83. The van der Waals surface area contributed by atoms with Crippen LogP contribution in [0.15, 0.2) is 66.7 Å². The third kappa shape index (κ3) is 6.53. The fourth-order valence-corrected chi connectivity index (χ4v) is 11.1. The average molecular weight is 925 g/mol. The zero-order valence-electron chi connectivity index (χ0n) is 34.4. The summed E-state index contributed by atoms with van der Waals surface area (Å²) in [7, 11) is 0. The lowest BCUT2D eigenvalue weighted by Gasteiger charge is -2.34. The van der Waals surface area contributed by atoms with E-state index < -0.39 is 70.5 Å². The number of nitrogens with one attached hydrogen (secondary N) is 3. The smallest absolute Gasteiger partial charge is 0.344 e. The van der Waals surface area contributed by atoms with Gasteiger partial charge in [0.15, 0.2) is 16.5 Å². The van der Waals surface area contributed by atoms with E-state index in [4.69, 9.17) is 15.0 Å². The standard InChI is InChI=1S/C46H35F7N10O2S/c47-24-15-22(16-25(48)19-24)17-33(54-35(64)21-63-39-36(38(60-63)46(51,52)53)26-6-8-30(26)45(39,49)50)37-27(23-5-7-29-28(18-23)41(65)59-44(29)9-10-44)20-34-40(57-37)58-43(66-34)62-13-11-61(12-14-62)42-55-31-3-1-2-4-32(31)56-42/h1-5,7,15-20,26,30H,6,8-14,21H2,(H,54,64)(H,55,56)(H,59,65)/b33-17-/t26-,30+/m0/s1. The van der Waals surface area contributed by atoms with Crippen LogP contribution in [0, 0.1) is 17.6 Å². The SMILES string of the molecule is O=C(Cn1nc(C(F)(F)F)c2c1C(F)(F)[C@@H]1CC[C@H]21)N/C(=C\c1cc(F)cc(F)c1)c1nc2nc(N3CCN(c4nc5ccccc5[nH]4)CC3)sc2cc1-c1ccc2c(c1)C(=O)NC21CC1. The van der Waals surface area contributed by atoms with Gasteiger partial charge in [0.1, 0.15) is 23.9 Å². The lowest BCUT2D eigenvalue weighted by Crippen LogP contribution is -2.46. The molecule has 12 nitrogen and oxygen atoms in total. The van der Waals surface area contributed by atoms with Crippen LogP contribution in [0.25, 0.3) is 44.3 Å². The number of thiazole rings is 1. The van der Waals surface area contributed by atoms with Crippen molar-refractivity contribution >= 4 is 67.4 Å². The Hall–Kier alpha value is -6.83.